The highest BCUT2D eigenvalue weighted by Gasteiger charge is 2.18. The molecule has 0 saturated carbocycles. The van der Waals surface area contributed by atoms with Gasteiger partial charge >= 0.3 is 0 Å². The third kappa shape index (κ3) is 1.31. The van der Waals surface area contributed by atoms with Gasteiger partial charge < -0.3 is 16.0 Å². The molecule has 0 bridgehead atoms. The van der Waals surface area contributed by atoms with Crippen LogP contribution in [0.5, 0.6) is 0 Å². The molecule has 1 aliphatic heterocycles. The van der Waals surface area contributed by atoms with Crippen LogP contribution in [-0.4, -0.2) is 11.5 Å². The molecule has 2 rings (SSSR count). The van der Waals surface area contributed by atoms with Crippen molar-refractivity contribution < 1.29 is 0 Å². The molecule has 0 aliphatic carbocycles. The van der Waals surface area contributed by atoms with Gasteiger partial charge in [0, 0.05) is 11.9 Å². The lowest BCUT2D eigenvalue weighted by molar-refractivity contribution is 0.936. The van der Waals surface area contributed by atoms with Crippen molar-refractivity contribution in [3.63, 3.8) is 0 Å². The van der Waals surface area contributed by atoms with Crippen molar-refractivity contribution in [2.45, 2.75) is 0 Å². The van der Waals surface area contributed by atoms with Crippen LogP contribution in [0, 0.1) is 0 Å². The van der Waals surface area contributed by atoms with Crippen LogP contribution in [0.1, 0.15) is 0 Å². The summed E-state index contributed by atoms with van der Waals surface area (Å²) in [6.45, 7) is 8.24. The lowest BCUT2D eigenvalue weighted by atomic mass is 10.2. The number of nitrogens with two attached hydrogens (primary N) is 1. The Kier molecular flexibility index (Phi) is 1.89. The topological polar surface area (TPSA) is 54.2 Å². The molecule has 1 aliphatic rings. The molecule has 3 N–H and O–H groups in total. The first-order valence-corrected chi connectivity index (χ1v) is 4.29. The second-order valence-corrected chi connectivity index (χ2v) is 3.20. The fraction of sp³-hybridized carbons (Fsp3) is 0.100. The Morgan fingerprint density at radius 2 is 2.43 bits per heavy atom. The molecular weight excluding hydrogens is 176 g/mol. The summed E-state index contributed by atoms with van der Waals surface area (Å²) >= 11 is 0. The SMILES string of the molecule is C=C1CN(C(=C)N)c2ccncc2N1. The number of nitrogens with one attached hydrogen (secondary N) is 1. The summed E-state index contributed by atoms with van der Waals surface area (Å²) in [6, 6.07) is 1.90. The van der Waals surface area contributed by atoms with Gasteiger partial charge in [0.25, 0.3) is 0 Å². The second-order valence-electron chi connectivity index (χ2n) is 3.20. The van der Waals surface area contributed by atoms with Crippen molar-refractivity contribution >= 4 is 11.4 Å². The predicted molar refractivity (Wildman–Crippen MR) is 57.7 cm³/mol. The van der Waals surface area contributed by atoms with Crippen molar-refractivity contribution in [3.8, 4) is 0 Å². The first kappa shape index (κ1) is 8.62. The number of aromatic nitrogens is 1. The maximum Gasteiger partial charge on any atom is 0.0961 e. The molecule has 0 aromatic carbocycles. The van der Waals surface area contributed by atoms with Crippen LogP contribution in [0.3, 0.4) is 0 Å². The Hall–Kier alpha value is -1.97. The summed E-state index contributed by atoms with van der Waals surface area (Å²) in [5, 5.41) is 3.15. The molecule has 0 radical (unpaired) electrons. The van der Waals surface area contributed by atoms with Crippen LogP contribution in [0.4, 0.5) is 11.4 Å². The molecule has 0 unspecified atom stereocenters. The van der Waals surface area contributed by atoms with E-state index in [9.17, 15) is 0 Å². The Bertz CT molecular complexity index is 397. The molecule has 72 valence electrons. The normalized spacial score (nSPS) is 14.6. The number of rotatable bonds is 1. The van der Waals surface area contributed by atoms with E-state index in [2.05, 4.69) is 23.5 Å². The highest BCUT2D eigenvalue weighted by molar-refractivity contribution is 5.75. The van der Waals surface area contributed by atoms with Gasteiger partial charge in [-0.25, -0.2) is 0 Å². The van der Waals surface area contributed by atoms with E-state index in [1.165, 1.54) is 0 Å². The molecule has 0 amide bonds. The molecule has 1 aromatic heterocycles. The zero-order chi connectivity index (χ0) is 10.1. The number of nitrogens with zero attached hydrogens (tertiary/aromatic N) is 2. The van der Waals surface area contributed by atoms with Gasteiger partial charge in [-0.05, 0) is 6.07 Å². The largest absolute Gasteiger partial charge is 0.386 e. The molecule has 2 heterocycles. The van der Waals surface area contributed by atoms with Crippen molar-refractivity contribution in [2.24, 2.45) is 5.73 Å². The Labute approximate surface area is 82.7 Å². The van der Waals surface area contributed by atoms with Crippen LogP contribution in [0.15, 0.2) is 43.1 Å². The van der Waals surface area contributed by atoms with Gasteiger partial charge in [0.15, 0.2) is 0 Å². The van der Waals surface area contributed by atoms with Crippen LogP contribution in [0.2, 0.25) is 0 Å². The Balaban J connectivity index is 2.48. The first-order chi connectivity index (χ1) is 6.68. The minimum atomic E-state index is 0.514. The number of anilines is 2. The van der Waals surface area contributed by atoms with E-state index < -0.39 is 0 Å². The Morgan fingerprint density at radius 3 is 3.14 bits per heavy atom. The van der Waals surface area contributed by atoms with E-state index in [1.54, 1.807) is 12.4 Å². The number of fused-ring (bicyclic) bond motifs is 1. The van der Waals surface area contributed by atoms with E-state index in [-0.39, 0.29) is 0 Å². The number of pyridine rings is 1. The smallest absolute Gasteiger partial charge is 0.0961 e. The first-order valence-electron chi connectivity index (χ1n) is 4.29. The zero-order valence-corrected chi connectivity index (χ0v) is 7.83. The molecule has 0 fully saturated rings. The standard InChI is InChI=1S/C10H12N4/c1-7-6-14(8(2)11)10-3-4-12-5-9(10)13-7/h3-5,13H,1-2,6,11H2. The second kappa shape index (κ2) is 3.06. The minimum absolute atomic E-state index is 0.514. The van der Waals surface area contributed by atoms with Crippen LogP contribution < -0.4 is 16.0 Å². The highest BCUT2D eigenvalue weighted by Crippen LogP contribution is 2.31. The summed E-state index contributed by atoms with van der Waals surface area (Å²) in [5.41, 5.74) is 8.47. The van der Waals surface area contributed by atoms with E-state index >= 15 is 0 Å². The van der Waals surface area contributed by atoms with Crippen molar-refractivity contribution in [3.05, 3.63) is 43.1 Å². The molecule has 0 saturated heterocycles. The maximum absolute atomic E-state index is 5.69. The Morgan fingerprint density at radius 1 is 1.64 bits per heavy atom. The van der Waals surface area contributed by atoms with Crippen LogP contribution in [-0.2, 0) is 0 Å². The fourth-order valence-corrected chi connectivity index (χ4v) is 1.48. The van der Waals surface area contributed by atoms with Crippen molar-refractivity contribution in [1.29, 1.82) is 0 Å². The minimum Gasteiger partial charge on any atom is -0.386 e. The fourth-order valence-electron chi connectivity index (χ4n) is 1.48. The maximum atomic E-state index is 5.69. The van der Waals surface area contributed by atoms with Crippen molar-refractivity contribution in [2.75, 3.05) is 16.8 Å². The lowest BCUT2D eigenvalue weighted by Crippen LogP contribution is -2.34. The molecule has 0 atom stereocenters. The van der Waals surface area contributed by atoms with Gasteiger partial charge in [-0.15, -0.1) is 0 Å². The third-order valence-corrected chi connectivity index (χ3v) is 2.10. The molecule has 4 heteroatoms. The zero-order valence-electron chi connectivity index (χ0n) is 7.83. The molecular formula is C10H12N4. The predicted octanol–water partition coefficient (Wildman–Crippen LogP) is 1.26. The average Bonchev–Trinajstić information content (AvgIpc) is 2.16. The van der Waals surface area contributed by atoms with E-state index in [0.29, 0.717) is 12.4 Å². The summed E-state index contributed by atoms with van der Waals surface area (Å²) < 4.78 is 0. The summed E-state index contributed by atoms with van der Waals surface area (Å²) in [6.07, 6.45) is 3.47. The average molecular weight is 188 g/mol. The summed E-state index contributed by atoms with van der Waals surface area (Å²) in [4.78, 5) is 5.92. The molecule has 4 nitrogen and oxygen atoms in total. The van der Waals surface area contributed by atoms with Crippen LogP contribution >= 0.6 is 0 Å². The van der Waals surface area contributed by atoms with Gasteiger partial charge in [0.05, 0.1) is 29.9 Å². The number of hydrogen-bond donors (Lipinski definition) is 2. The third-order valence-electron chi connectivity index (χ3n) is 2.10. The summed E-state index contributed by atoms with van der Waals surface area (Å²) in [5.74, 6) is 0.514. The van der Waals surface area contributed by atoms with Gasteiger partial charge in [-0.1, -0.05) is 13.2 Å². The van der Waals surface area contributed by atoms with Gasteiger partial charge in [0.1, 0.15) is 0 Å². The monoisotopic (exact) mass is 188 g/mol. The van der Waals surface area contributed by atoms with Gasteiger partial charge in [-0.2, -0.15) is 0 Å². The van der Waals surface area contributed by atoms with E-state index in [4.69, 9.17) is 5.73 Å². The molecule has 14 heavy (non-hydrogen) atoms. The van der Waals surface area contributed by atoms with E-state index in [1.807, 2.05) is 11.0 Å². The van der Waals surface area contributed by atoms with Crippen molar-refractivity contribution in [1.82, 2.24) is 4.98 Å². The lowest BCUT2D eigenvalue weighted by Gasteiger charge is -2.32. The van der Waals surface area contributed by atoms with E-state index in [0.717, 1.165) is 17.1 Å². The van der Waals surface area contributed by atoms with Gasteiger partial charge in [-0.3, -0.25) is 4.98 Å². The quantitative estimate of drug-likeness (QED) is 0.696. The number of hydrogen-bond acceptors (Lipinski definition) is 4. The van der Waals surface area contributed by atoms with Crippen LogP contribution in [0.25, 0.3) is 0 Å². The molecule has 0 spiro atoms. The molecule has 1 aromatic rings. The highest BCUT2D eigenvalue weighted by atomic mass is 15.2. The summed E-state index contributed by atoms with van der Waals surface area (Å²) in [7, 11) is 0. The van der Waals surface area contributed by atoms with Gasteiger partial charge in [0.2, 0.25) is 0 Å².